The van der Waals surface area contributed by atoms with E-state index in [2.05, 4.69) is 21.7 Å². The third-order valence-corrected chi connectivity index (χ3v) is 4.46. The Hall–Kier alpha value is -1.19. The van der Waals surface area contributed by atoms with Gasteiger partial charge in [-0.15, -0.1) is 0 Å². The van der Waals surface area contributed by atoms with Crippen LogP contribution in [-0.4, -0.2) is 23.1 Å². The minimum Gasteiger partial charge on any atom is -0.367 e. The van der Waals surface area contributed by atoms with Crippen molar-refractivity contribution in [2.45, 2.75) is 37.4 Å². The molecular formula is C14H16ClN3. The summed E-state index contributed by atoms with van der Waals surface area (Å²) in [6.07, 6.45) is 3.88. The van der Waals surface area contributed by atoms with E-state index in [0.717, 1.165) is 22.4 Å². The van der Waals surface area contributed by atoms with Crippen LogP contribution in [0, 0.1) is 0 Å². The highest BCUT2D eigenvalue weighted by atomic mass is 35.5. The first-order chi connectivity index (χ1) is 8.78. The van der Waals surface area contributed by atoms with Crippen LogP contribution >= 0.6 is 11.6 Å². The van der Waals surface area contributed by atoms with Crippen molar-refractivity contribution in [3.05, 3.63) is 29.3 Å². The van der Waals surface area contributed by atoms with E-state index < -0.39 is 0 Å². The smallest absolute Gasteiger partial charge is 0.104 e. The molecule has 2 bridgehead atoms. The van der Waals surface area contributed by atoms with Gasteiger partial charge in [-0.1, -0.05) is 11.6 Å². The minimum atomic E-state index is 0.562. The SMILES string of the molecule is Clc1ccc2[nH]c(NC3CC4CCC3N4)cc2c1. The molecule has 3 heterocycles. The molecule has 0 radical (unpaired) electrons. The lowest BCUT2D eigenvalue weighted by Gasteiger charge is -2.21. The number of nitrogens with one attached hydrogen (secondary N) is 3. The lowest BCUT2D eigenvalue weighted by molar-refractivity contribution is 0.526. The third-order valence-electron chi connectivity index (χ3n) is 4.22. The topological polar surface area (TPSA) is 39.9 Å². The molecule has 2 aliphatic rings. The van der Waals surface area contributed by atoms with E-state index in [1.54, 1.807) is 0 Å². The molecule has 0 spiro atoms. The van der Waals surface area contributed by atoms with Gasteiger partial charge in [0.2, 0.25) is 0 Å². The number of hydrogen-bond donors (Lipinski definition) is 3. The number of halogens is 1. The van der Waals surface area contributed by atoms with E-state index in [1.165, 1.54) is 24.6 Å². The fourth-order valence-corrected chi connectivity index (χ4v) is 3.55. The van der Waals surface area contributed by atoms with Gasteiger partial charge in [-0.05, 0) is 43.5 Å². The van der Waals surface area contributed by atoms with Crippen molar-refractivity contribution < 1.29 is 0 Å². The Balaban J connectivity index is 1.59. The summed E-state index contributed by atoms with van der Waals surface area (Å²) >= 11 is 6.01. The molecule has 3 unspecified atom stereocenters. The number of aromatic amines is 1. The number of anilines is 1. The van der Waals surface area contributed by atoms with Crippen LogP contribution in [0.15, 0.2) is 24.3 Å². The van der Waals surface area contributed by atoms with Gasteiger partial charge in [0.25, 0.3) is 0 Å². The monoisotopic (exact) mass is 261 g/mol. The molecule has 2 fully saturated rings. The van der Waals surface area contributed by atoms with E-state index in [4.69, 9.17) is 11.6 Å². The highest BCUT2D eigenvalue weighted by molar-refractivity contribution is 6.31. The van der Waals surface area contributed by atoms with Gasteiger partial charge in [0.15, 0.2) is 0 Å². The second-order valence-electron chi connectivity index (χ2n) is 5.45. The zero-order valence-corrected chi connectivity index (χ0v) is 10.8. The summed E-state index contributed by atoms with van der Waals surface area (Å²) < 4.78 is 0. The van der Waals surface area contributed by atoms with Crippen molar-refractivity contribution >= 4 is 28.3 Å². The molecule has 0 amide bonds. The molecule has 18 heavy (non-hydrogen) atoms. The van der Waals surface area contributed by atoms with Crippen LogP contribution in [0.1, 0.15) is 19.3 Å². The third kappa shape index (κ3) is 1.70. The van der Waals surface area contributed by atoms with Gasteiger partial charge in [-0.3, -0.25) is 0 Å². The average molecular weight is 262 g/mol. The Labute approximate surface area is 111 Å². The second-order valence-corrected chi connectivity index (χ2v) is 5.88. The van der Waals surface area contributed by atoms with Crippen LogP contribution in [0.5, 0.6) is 0 Å². The highest BCUT2D eigenvalue weighted by Crippen LogP contribution is 2.31. The maximum atomic E-state index is 6.01. The predicted molar refractivity (Wildman–Crippen MR) is 75.3 cm³/mol. The van der Waals surface area contributed by atoms with Crippen LogP contribution < -0.4 is 10.6 Å². The van der Waals surface area contributed by atoms with E-state index >= 15 is 0 Å². The molecule has 94 valence electrons. The molecule has 3 nitrogen and oxygen atoms in total. The number of H-pyrrole nitrogens is 1. The van der Waals surface area contributed by atoms with Gasteiger partial charge in [0.05, 0.1) is 0 Å². The van der Waals surface area contributed by atoms with Crippen molar-refractivity contribution in [1.82, 2.24) is 10.3 Å². The Bertz CT molecular complexity index is 592. The van der Waals surface area contributed by atoms with Crippen molar-refractivity contribution in [3.63, 3.8) is 0 Å². The van der Waals surface area contributed by atoms with E-state index in [0.29, 0.717) is 12.1 Å². The van der Waals surface area contributed by atoms with Crippen molar-refractivity contribution in [3.8, 4) is 0 Å². The Morgan fingerprint density at radius 2 is 2.17 bits per heavy atom. The van der Waals surface area contributed by atoms with Gasteiger partial charge in [-0.2, -0.15) is 0 Å². The molecule has 0 aliphatic carbocycles. The molecule has 2 aliphatic heterocycles. The molecule has 4 rings (SSSR count). The lowest BCUT2D eigenvalue weighted by Crippen LogP contribution is -2.33. The Kier molecular flexibility index (Phi) is 2.32. The molecule has 3 atom stereocenters. The summed E-state index contributed by atoms with van der Waals surface area (Å²) in [6.45, 7) is 0. The normalized spacial score (nSPS) is 30.2. The van der Waals surface area contributed by atoms with E-state index in [-0.39, 0.29) is 0 Å². The number of benzene rings is 1. The van der Waals surface area contributed by atoms with Crippen molar-refractivity contribution in [2.24, 2.45) is 0 Å². The van der Waals surface area contributed by atoms with Crippen LogP contribution in [0.2, 0.25) is 5.02 Å². The van der Waals surface area contributed by atoms with Crippen LogP contribution in [-0.2, 0) is 0 Å². The maximum absolute atomic E-state index is 6.01. The molecule has 0 saturated carbocycles. The quantitative estimate of drug-likeness (QED) is 0.777. The molecular weight excluding hydrogens is 246 g/mol. The van der Waals surface area contributed by atoms with Crippen molar-refractivity contribution in [1.29, 1.82) is 0 Å². The Morgan fingerprint density at radius 3 is 2.94 bits per heavy atom. The first kappa shape index (κ1) is 10.7. The van der Waals surface area contributed by atoms with Gasteiger partial charge >= 0.3 is 0 Å². The molecule has 1 aromatic carbocycles. The van der Waals surface area contributed by atoms with Crippen LogP contribution in [0.4, 0.5) is 5.82 Å². The molecule has 2 aromatic rings. The predicted octanol–water partition coefficient (Wildman–Crippen LogP) is 3.13. The van der Waals surface area contributed by atoms with Gasteiger partial charge in [0, 0.05) is 34.1 Å². The molecule has 2 saturated heterocycles. The number of aromatic nitrogens is 1. The standard InChI is InChI=1S/C14H16ClN3/c15-9-1-3-11-8(5-9)6-14(17-11)18-13-7-10-2-4-12(13)16-10/h1,3,5-6,10,12-13,16-18H,2,4,7H2. The Morgan fingerprint density at radius 1 is 1.22 bits per heavy atom. The molecule has 4 heteroatoms. The number of fused-ring (bicyclic) bond motifs is 3. The summed E-state index contributed by atoms with van der Waals surface area (Å²) in [4.78, 5) is 3.41. The minimum absolute atomic E-state index is 0.562. The van der Waals surface area contributed by atoms with Gasteiger partial charge in [-0.25, -0.2) is 0 Å². The number of hydrogen-bond acceptors (Lipinski definition) is 2. The lowest BCUT2D eigenvalue weighted by atomic mass is 9.95. The van der Waals surface area contributed by atoms with Crippen LogP contribution in [0.3, 0.4) is 0 Å². The molecule has 1 aromatic heterocycles. The largest absolute Gasteiger partial charge is 0.367 e. The summed E-state index contributed by atoms with van der Waals surface area (Å²) in [5.41, 5.74) is 1.14. The summed E-state index contributed by atoms with van der Waals surface area (Å²) in [7, 11) is 0. The second kappa shape index (κ2) is 3.90. The van der Waals surface area contributed by atoms with E-state index in [1.807, 2.05) is 18.2 Å². The summed E-state index contributed by atoms with van der Waals surface area (Å²) in [5.74, 6) is 1.10. The number of rotatable bonds is 2. The summed E-state index contributed by atoms with van der Waals surface area (Å²) in [5, 5.41) is 9.22. The zero-order chi connectivity index (χ0) is 12.1. The highest BCUT2D eigenvalue weighted by Gasteiger charge is 2.38. The maximum Gasteiger partial charge on any atom is 0.104 e. The fourth-order valence-electron chi connectivity index (χ4n) is 3.36. The van der Waals surface area contributed by atoms with Crippen molar-refractivity contribution in [2.75, 3.05) is 5.32 Å². The first-order valence-corrected chi connectivity index (χ1v) is 6.96. The van der Waals surface area contributed by atoms with Crippen LogP contribution in [0.25, 0.3) is 10.9 Å². The van der Waals surface area contributed by atoms with Gasteiger partial charge < -0.3 is 15.6 Å². The van der Waals surface area contributed by atoms with E-state index in [9.17, 15) is 0 Å². The zero-order valence-electron chi connectivity index (χ0n) is 10.0. The first-order valence-electron chi connectivity index (χ1n) is 6.59. The average Bonchev–Trinajstić information content (AvgIpc) is 3.02. The van der Waals surface area contributed by atoms with Gasteiger partial charge in [0.1, 0.15) is 5.82 Å². The fraction of sp³-hybridized carbons (Fsp3) is 0.429. The molecule has 3 N–H and O–H groups in total. The summed E-state index contributed by atoms with van der Waals surface area (Å²) in [6, 6.07) is 10.0.